The Labute approximate surface area is 236 Å². The molecule has 2 saturated heterocycles. The lowest BCUT2D eigenvalue weighted by Crippen LogP contribution is -2.51. The summed E-state index contributed by atoms with van der Waals surface area (Å²) < 4.78 is 29.1. The van der Waals surface area contributed by atoms with Crippen LogP contribution in [0.25, 0.3) is 11.0 Å². The Morgan fingerprint density at radius 3 is 2.61 bits per heavy atom. The van der Waals surface area contributed by atoms with Crippen molar-refractivity contribution >= 4 is 22.8 Å². The summed E-state index contributed by atoms with van der Waals surface area (Å²) >= 11 is 0. The van der Waals surface area contributed by atoms with Gasteiger partial charge in [0.25, 0.3) is 0 Å². The van der Waals surface area contributed by atoms with E-state index in [0.717, 1.165) is 22.7 Å². The third-order valence-corrected chi connectivity index (χ3v) is 8.32. The Morgan fingerprint density at radius 1 is 1.00 bits per heavy atom. The molecular weight excluding hydrogens is 526 g/mol. The lowest BCUT2D eigenvalue weighted by Gasteiger charge is -2.27. The predicted octanol–water partition coefficient (Wildman–Crippen LogP) is 3.47. The van der Waals surface area contributed by atoms with Crippen molar-refractivity contribution in [3.63, 3.8) is 0 Å². The molecule has 3 heterocycles. The smallest absolute Gasteiger partial charge is 0.243 e. The number of hydrogen-bond donors (Lipinski definition) is 2. The topological polar surface area (TPSA) is 92.2 Å². The maximum absolute atomic E-state index is 13.9. The van der Waals surface area contributed by atoms with Gasteiger partial charge < -0.3 is 15.5 Å². The monoisotopic (exact) mass is 558 g/mol. The van der Waals surface area contributed by atoms with Crippen molar-refractivity contribution in [2.75, 3.05) is 13.1 Å². The summed E-state index contributed by atoms with van der Waals surface area (Å²) in [5, 5.41) is 14.5. The van der Waals surface area contributed by atoms with E-state index in [0.29, 0.717) is 37.9 Å². The summed E-state index contributed by atoms with van der Waals surface area (Å²) in [6.45, 7) is 1.35. The van der Waals surface area contributed by atoms with Crippen molar-refractivity contribution < 1.29 is 18.4 Å². The highest BCUT2D eigenvalue weighted by atomic mass is 19.2. The third kappa shape index (κ3) is 5.69. The summed E-state index contributed by atoms with van der Waals surface area (Å²) in [6, 6.07) is 18.6. The van der Waals surface area contributed by atoms with Gasteiger partial charge in [0.15, 0.2) is 11.6 Å². The number of halogens is 2. The van der Waals surface area contributed by atoms with Crippen LogP contribution in [-0.4, -0.2) is 56.9 Å². The van der Waals surface area contributed by atoms with Crippen LogP contribution < -0.4 is 10.6 Å². The lowest BCUT2D eigenvalue weighted by atomic mass is 9.96. The van der Waals surface area contributed by atoms with Crippen LogP contribution in [0.1, 0.15) is 35.4 Å². The molecule has 0 saturated carbocycles. The number of rotatable bonds is 7. The molecule has 2 aliphatic rings. The van der Waals surface area contributed by atoms with E-state index in [1.54, 1.807) is 15.6 Å². The number of nitrogens with zero attached hydrogens (tertiary/aromatic N) is 4. The number of carbonyl (C=O) groups excluding carboxylic acids is 2. The van der Waals surface area contributed by atoms with Gasteiger partial charge in [-0.2, -0.15) is 0 Å². The van der Waals surface area contributed by atoms with Crippen LogP contribution in [0.15, 0.2) is 66.7 Å². The number of hydrogen-bond acceptors (Lipinski definition) is 5. The summed E-state index contributed by atoms with van der Waals surface area (Å²) in [6.07, 6.45) is 1.53. The number of likely N-dealkylation sites (tertiary alicyclic amines) is 1. The molecule has 3 aromatic carbocycles. The van der Waals surface area contributed by atoms with Crippen LogP contribution in [0.4, 0.5) is 8.78 Å². The average molecular weight is 559 g/mol. The van der Waals surface area contributed by atoms with Gasteiger partial charge in [-0.05, 0) is 72.1 Å². The number of aromatic nitrogens is 3. The molecule has 0 radical (unpaired) electrons. The number of carbonyl (C=O) groups is 2. The maximum atomic E-state index is 13.9. The second kappa shape index (κ2) is 11.4. The number of benzene rings is 3. The first kappa shape index (κ1) is 27.0. The molecule has 41 heavy (non-hydrogen) atoms. The molecule has 1 unspecified atom stereocenters. The first-order valence-electron chi connectivity index (χ1n) is 13.9. The second-order valence-electron chi connectivity index (χ2n) is 11.1. The van der Waals surface area contributed by atoms with E-state index in [4.69, 9.17) is 0 Å². The minimum atomic E-state index is -0.898. The quantitative estimate of drug-likeness (QED) is 0.363. The van der Waals surface area contributed by atoms with Gasteiger partial charge in [-0.15, -0.1) is 5.10 Å². The van der Waals surface area contributed by atoms with Crippen molar-refractivity contribution in [1.82, 2.24) is 30.5 Å². The molecule has 2 aliphatic heterocycles. The molecule has 8 nitrogen and oxygen atoms in total. The minimum Gasteiger partial charge on any atom is -0.350 e. The van der Waals surface area contributed by atoms with Gasteiger partial charge in [-0.3, -0.25) is 9.59 Å². The summed E-state index contributed by atoms with van der Waals surface area (Å²) in [5.41, 5.74) is 4.34. The zero-order valence-electron chi connectivity index (χ0n) is 22.8. The van der Waals surface area contributed by atoms with Crippen LogP contribution >= 0.6 is 0 Å². The van der Waals surface area contributed by atoms with Gasteiger partial charge in [0.2, 0.25) is 11.8 Å². The van der Waals surface area contributed by atoms with Gasteiger partial charge in [0.1, 0.15) is 11.6 Å². The van der Waals surface area contributed by atoms with E-state index in [2.05, 4.69) is 33.1 Å². The van der Waals surface area contributed by atoms with Gasteiger partial charge in [0.05, 0.1) is 11.6 Å². The summed E-state index contributed by atoms with van der Waals surface area (Å²) in [7, 11) is 1.82. The minimum absolute atomic E-state index is 0.0678. The van der Waals surface area contributed by atoms with Crippen LogP contribution in [0.5, 0.6) is 0 Å². The maximum Gasteiger partial charge on any atom is 0.243 e. The van der Waals surface area contributed by atoms with Gasteiger partial charge in [-0.25, -0.2) is 13.5 Å². The first-order chi connectivity index (χ1) is 19.9. The van der Waals surface area contributed by atoms with Crippen LogP contribution in [-0.2, 0) is 29.6 Å². The van der Waals surface area contributed by atoms with Gasteiger partial charge in [0, 0.05) is 26.7 Å². The molecule has 4 aromatic rings. The molecule has 2 fully saturated rings. The van der Waals surface area contributed by atoms with Crippen LogP contribution in [0, 0.1) is 17.6 Å². The Balaban J connectivity index is 1.17. The molecule has 2 amide bonds. The van der Waals surface area contributed by atoms with Crippen LogP contribution in [0.3, 0.4) is 0 Å². The van der Waals surface area contributed by atoms with Crippen molar-refractivity contribution in [2.24, 2.45) is 13.0 Å². The molecule has 1 aromatic heterocycles. The Hall–Kier alpha value is -4.18. The van der Waals surface area contributed by atoms with E-state index in [1.807, 2.05) is 43.4 Å². The summed E-state index contributed by atoms with van der Waals surface area (Å²) in [4.78, 5) is 29.0. The molecule has 0 bridgehead atoms. The first-order valence-corrected chi connectivity index (χ1v) is 13.9. The van der Waals surface area contributed by atoms with Gasteiger partial charge in [-0.1, -0.05) is 47.7 Å². The van der Waals surface area contributed by atoms with Crippen molar-refractivity contribution in [3.8, 4) is 0 Å². The highest BCUT2D eigenvalue weighted by molar-refractivity contribution is 5.90. The molecule has 0 aliphatic carbocycles. The highest BCUT2D eigenvalue weighted by Gasteiger charge is 2.43. The predicted molar refractivity (Wildman–Crippen MR) is 150 cm³/mol. The fourth-order valence-electron chi connectivity index (χ4n) is 6.17. The number of nitrogens with one attached hydrogen (secondary N) is 2. The van der Waals surface area contributed by atoms with Crippen LogP contribution in [0.2, 0.25) is 0 Å². The molecule has 212 valence electrons. The molecule has 10 heteroatoms. The largest absolute Gasteiger partial charge is 0.350 e. The molecule has 4 atom stereocenters. The van der Waals surface area contributed by atoms with Crippen molar-refractivity contribution in [3.05, 3.63) is 95.1 Å². The second-order valence-corrected chi connectivity index (χ2v) is 11.1. The molecule has 0 spiro atoms. The highest BCUT2D eigenvalue weighted by Crippen LogP contribution is 2.31. The molecule has 2 N–H and O–H groups in total. The average Bonchev–Trinajstić information content (AvgIpc) is 3.73. The Kier molecular flexibility index (Phi) is 7.49. The SMILES string of the molecule is Cn1nnc2cc(CNC(=O)[C@@H]3C[C@@H](Cc4ccc(F)c(F)c4)CN3C(=O)C3C[C@@H](c4ccccc4)CN3)ccc21. The van der Waals surface area contributed by atoms with Crippen molar-refractivity contribution in [1.29, 1.82) is 0 Å². The van der Waals surface area contributed by atoms with E-state index >= 15 is 0 Å². The van der Waals surface area contributed by atoms with E-state index in [9.17, 15) is 18.4 Å². The third-order valence-electron chi connectivity index (χ3n) is 8.32. The van der Waals surface area contributed by atoms with E-state index in [1.165, 1.54) is 11.6 Å². The summed E-state index contributed by atoms with van der Waals surface area (Å²) in [5.74, 6) is -1.98. The van der Waals surface area contributed by atoms with E-state index < -0.39 is 23.7 Å². The standard InChI is InChI=1S/C31H32F2N6O2/c1-38-28-10-8-20(13-26(28)36-37-38)16-35-30(40)29-14-21(11-19-7-9-24(32)25(33)12-19)18-39(29)31(41)27-15-23(17-34-27)22-5-3-2-4-6-22/h2-10,12-13,21,23,27,29,34H,11,14-18H2,1H3,(H,35,40)/t21-,23-,27?,29+/m1/s1. The van der Waals surface area contributed by atoms with Gasteiger partial charge >= 0.3 is 0 Å². The van der Waals surface area contributed by atoms with Crippen molar-refractivity contribution in [2.45, 2.75) is 43.8 Å². The Bertz CT molecular complexity index is 1580. The fourth-order valence-corrected chi connectivity index (χ4v) is 6.17. The Morgan fingerprint density at radius 2 is 1.80 bits per heavy atom. The zero-order valence-corrected chi connectivity index (χ0v) is 22.8. The normalized spacial score (nSPS) is 22.4. The zero-order chi connectivity index (χ0) is 28.5. The molecule has 6 rings (SSSR count). The number of aryl methyl sites for hydroxylation is 1. The fraction of sp³-hybridized carbons (Fsp3) is 0.355. The van der Waals surface area contributed by atoms with E-state index in [-0.39, 0.29) is 30.2 Å². The number of amides is 2. The number of fused-ring (bicyclic) bond motifs is 1. The lowest BCUT2D eigenvalue weighted by molar-refractivity contribution is -0.139. The molecular formula is C31H32F2N6O2.